The number of hydrogen-bond acceptors (Lipinski definition) is 3. The molecule has 3 heteroatoms. The van der Waals surface area contributed by atoms with E-state index in [-0.39, 0.29) is 0 Å². The maximum absolute atomic E-state index is 8.94. The van der Waals surface area contributed by atoms with Gasteiger partial charge in [-0.3, -0.25) is 10.7 Å². The third-order valence-corrected chi connectivity index (χ3v) is 3.19. The third kappa shape index (κ3) is 2.73. The van der Waals surface area contributed by atoms with Gasteiger partial charge in [-0.2, -0.15) is 0 Å². The zero-order chi connectivity index (χ0) is 13.8. The summed E-state index contributed by atoms with van der Waals surface area (Å²) in [5, 5.41) is 11.1. The molecular formula is C17H15NO2. The van der Waals surface area contributed by atoms with Crippen LogP contribution in [0.2, 0.25) is 0 Å². The fourth-order valence-corrected chi connectivity index (χ4v) is 2.13. The molecule has 0 aliphatic carbocycles. The van der Waals surface area contributed by atoms with E-state index in [9.17, 15) is 0 Å². The Balaban J connectivity index is 1.81. The van der Waals surface area contributed by atoms with Crippen molar-refractivity contribution >= 4 is 16.5 Å². The van der Waals surface area contributed by atoms with E-state index in [1.165, 1.54) is 0 Å². The Kier molecular flexibility index (Phi) is 3.52. The number of rotatable bonds is 4. The van der Waals surface area contributed by atoms with Gasteiger partial charge in [0.1, 0.15) is 12.4 Å². The molecule has 0 atom stereocenters. The molecule has 0 radical (unpaired) electrons. The van der Waals surface area contributed by atoms with Crippen LogP contribution < -0.4 is 10.2 Å². The van der Waals surface area contributed by atoms with Crippen molar-refractivity contribution in [1.82, 2.24) is 0 Å². The minimum atomic E-state index is 0.546. The van der Waals surface area contributed by atoms with Gasteiger partial charge in [0, 0.05) is 0 Å². The lowest BCUT2D eigenvalue weighted by Crippen LogP contribution is -1.95. The van der Waals surface area contributed by atoms with E-state index >= 15 is 0 Å². The number of benzene rings is 3. The Bertz CT molecular complexity index is 711. The lowest BCUT2D eigenvalue weighted by Gasteiger charge is -2.08. The van der Waals surface area contributed by atoms with E-state index in [2.05, 4.69) is 5.48 Å². The fourth-order valence-electron chi connectivity index (χ4n) is 2.13. The van der Waals surface area contributed by atoms with Crippen molar-refractivity contribution in [3.63, 3.8) is 0 Å². The van der Waals surface area contributed by atoms with Crippen molar-refractivity contribution in [2.24, 2.45) is 0 Å². The summed E-state index contributed by atoms with van der Waals surface area (Å²) in [5.41, 5.74) is 3.96. The molecule has 3 rings (SSSR count). The van der Waals surface area contributed by atoms with Crippen molar-refractivity contribution in [3.05, 3.63) is 72.3 Å². The summed E-state index contributed by atoms with van der Waals surface area (Å²) in [6.07, 6.45) is 0. The average molecular weight is 265 g/mol. The molecule has 0 saturated carbocycles. The second-order valence-corrected chi connectivity index (χ2v) is 4.61. The average Bonchev–Trinajstić information content (AvgIpc) is 2.53. The maximum Gasteiger partial charge on any atom is 0.120 e. The number of nitrogens with one attached hydrogen (secondary N) is 1. The number of hydrogen-bond donors (Lipinski definition) is 2. The van der Waals surface area contributed by atoms with Crippen LogP contribution in [-0.4, -0.2) is 5.21 Å². The predicted molar refractivity (Wildman–Crippen MR) is 80.1 cm³/mol. The predicted octanol–water partition coefficient (Wildman–Crippen LogP) is 4.22. The van der Waals surface area contributed by atoms with Crippen molar-refractivity contribution in [3.8, 4) is 5.75 Å². The van der Waals surface area contributed by atoms with Crippen molar-refractivity contribution in [1.29, 1.82) is 0 Å². The molecule has 0 heterocycles. The van der Waals surface area contributed by atoms with Crippen LogP contribution in [0.5, 0.6) is 5.75 Å². The van der Waals surface area contributed by atoms with Crippen molar-refractivity contribution < 1.29 is 9.94 Å². The van der Waals surface area contributed by atoms with E-state index < -0.39 is 0 Å². The van der Waals surface area contributed by atoms with Gasteiger partial charge in [-0.05, 0) is 40.6 Å². The van der Waals surface area contributed by atoms with Gasteiger partial charge < -0.3 is 4.74 Å². The Labute approximate surface area is 117 Å². The minimum absolute atomic E-state index is 0.546. The first-order chi connectivity index (χ1) is 9.85. The van der Waals surface area contributed by atoms with Crippen LogP contribution in [-0.2, 0) is 6.61 Å². The summed E-state index contributed by atoms with van der Waals surface area (Å²) in [6, 6.07) is 21.7. The first-order valence-corrected chi connectivity index (χ1v) is 6.46. The Morgan fingerprint density at radius 1 is 0.850 bits per heavy atom. The lowest BCUT2D eigenvalue weighted by atomic mass is 10.1. The van der Waals surface area contributed by atoms with Crippen molar-refractivity contribution in [2.75, 3.05) is 5.48 Å². The molecular weight excluding hydrogens is 250 g/mol. The van der Waals surface area contributed by atoms with E-state index in [1.807, 2.05) is 66.7 Å². The molecule has 2 N–H and O–H groups in total. The summed E-state index contributed by atoms with van der Waals surface area (Å²) < 4.78 is 5.79. The van der Waals surface area contributed by atoms with Crippen LogP contribution in [0.4, 0.5) is 5.69 Å². The first kappa shape index (κ1) is 12.5. The van der Waals surface area contributed by atoms with Gasteiger partial charge in [-0.1, -0.05) is 42.5 Å². The first-order valence-electron chi connectivity index (χ1n) is 6.46. The SMILES string of the molecule is ONc1ccc2ccc(OCc3ccccc3)cc2c1. The molecule has 3 aromatic rings. The van der Waals surface area contributed by atoms with Gasteiger partial charge >= 0.3 is 0 Å². The fraction of sp³-hybridized carbons (Fsp3) is 0.0588. The molecule has 0 unspecified atom stereocenters. The highest BCUT2D eigenvalue weighted by molar-refractivity contribution is 5.86. The van der Waals surface area contributed by atoms with Gasteiger partial charge in [0.2, 0.25) is 0 Å². The van der Waals surface area contributed by atoms with Crippen molar-refractivity contribution in [2.45, 2.75) is 6.61 Å². The summed E-state index contributed by atoms with van der Waals surface area (Å²) in [5.74, 6) is 0.816. The highest BCUT2D eigenvalue weighted by atomic mass is 16.5. The van der Waals surface area contributed by atoms with Crippen LogP contribution in [0, 0.1) is 0 Å². The number of fused-ring (bicyclic) bond motifs is 1. The summed E-state index contributed by atoms with van der Waals surface area (Å²) >= 11 is 0. The zero-order valence-electron chi connectivity index (χ0n) is 10.9. The van der Waals surface area contributed by atoms with E-state index in [4.69, 9.17) is 9.94 Å². The van der Waals surface area contributed by atoms with Crippen LogP contribution in [0.25, 0.3) is 10.8 Å². The Hall–Kier alpha value is -2.52. The monoisotopic (exact) mass is 265 g/mol. The van der Waals surface area contributed by atoms with Crippen LogP contribution in [0.1, 0.15) is 5.56 Å². The molecule has 0 spiro atoms. The molecule has 0 aromatic heterocycles. The summed E-state index contributed by atoms with van der Waals surface area (Å²) in [6.45, 7) is 0.546. The van der Waals surface area contributed by atoms with Gasteiger partial charge in [-0.15, -0.1) is 0 Å². The molecule has 3 aromatic carbocycles. The molecule has 0 bridgehead atoms. The van der Waals surface area contributed by atoms with Crippen LogP contribution >= 0.6 is 0 Å². The molecule has 20 heavy (non-hydrogen) atoms. The van der Waals surface area contributed by atoms with Gasteiger partial charge in [0.05, 0.1) is 5.69 Å². The molecule has 0 aliphatic heterocycles. The molecule has 0 saturated heterocycles. The standard InChI is InChI=1S/C17H15NO2/c19-18-16-8-6-14-7-9-17(11-15(14)10-16)20-12-13-4-2-1-3-5-13/h1-11,18-19H,12H2. The normalized spacial score (nSPS) is 10.4. The maximum atomic E-state index is 8.94. The zero-order valence-corrected chi connectivity index (χ0v) is 10.9. The number of anilines is 1. The molecule has 100 valence electrons. The molecule has 0 aliphatic rings. The van der Waals surface area contributed by atoms with Crippen LogP contribution in [0.3, 0.4) is 0 Å². The smallest absolute Gasteiger partial charge is 0.120 e. The second-order valence-electron chi connectivity index (χ2n) is 4.61. The quantitative estimate of drug-likeness (QED) is 0.694. The summed E-state index contributed by atoms with van der Waals surface area (Å²) in [4.78, 5) is 0. The second kappa shape index (κ2) is 5.63. The Morgan fingerprint density at radius 2 is 1.65 bits per heavy atom. The largest absolute Gasteiger partial charge is 0.489 e. The van der Waals surface area contributed by atoms with E-state index in [1.54, 1.807) is 0 Å². The van der Waals surface area contributed by atoms with Gasteiger partial charge in [0.15, 0.2) is 0 Å². The Morgan fingerprint density at radius 3 is 2.45 bits per heavy atom. The minimum Gasteiger partial charge on any atom is -0.489 e. The molecule has 3 nitrogen and oxygen atoms in total. The topological polar surface area (TPSA) is 41.5 Å². The van der Waals surface area contributed by atoms with E-state index in [0.717, 1.165) is 22.1 Å². The highest BCUT2D eigenvalue weighted by Crippen LogP contribution is 2.24. The van der Waals surface area contributed by atoms with Gasteiger partial charge in [-0.25, -0.2) is 0 Å². The summed E-state index contributed by atoms with van der Waals surface area (Å²) in [7, 11) is 0. The number of ether oxygens (including phenoxy) is 1. The highest BCUT2D eigenvalue weighted by Gasteiger charge is 2.00. The molecule has 0 fully saturated rings. The molecule has 0 amide bonds. The lowest BCUT2D eigenvalue weighted by molar-refractivity contribution is 0.306. The van der Waals surface area contributed by atoms with Crippen LogP contribution in [0.15, 0.2) is 66.7 Å². The third-order valence-electron chi connectivity index (χ3n) is 3.19. The van der Waals surface area contributed by atoms with E-state index in [0.29, 0.717) is 12.3 Å². The van der Waals surface area contributed by atoms with Gasteiger partial charge in [0.25, 0.3) is 0 Å².